The first-order valence-electron chi connectivity index (χ1n) is 9.50. The van der Waals surface area contributed by atoms with Crippen molar-refractivity contribution >= 4 is 28.4 Å². The quantitative estimate of drug-likeness (QED) is 0.531. The highest BCUT2D eigenvalue weighted by Gasteiger charge is 2.24. The number of rotatable bonds is 5. The number of hydrogen-bond acceptors (Lipinski definition) is 4. The number of nitrogens with zero attached hydrogens (tertiary/aromatic N) is 4. The predicted molar refractivity (Wildman–Crippen MR) is 111 cm³/mol. The normalized spacial score (nSPS) is 13.7. The van der Waals surface area contributed by atoms with Crippen molar-refractivity contribution in [1.82, 2.24) is 30.3 Å². The molecule has 4 aromatic rings. The summed E-state index contributed by atoms with van der Waals surface area (Å²) >= 11 is 6.55. The number of carbonyl (C=O) groups is 1. The first-order valence-corrected chi connectivity index (χ1v) is 9.88. The van der Waals surface area contributed by atoms with E-state index in [-0.39, 0.29) is 5.91 Å². The highest BCUT2D eigenvalue weighted by molar-refractivity contribution is 6.36. The van der Waals surface area contributed by atoms with Crippen LogP contribution in [-0.4, -0.2) is 36.9 Å². The summed E-state index contributed by atoms with van der Waals surface area (Å²) in [6.45, 7) is 0. The Balaban J connectivity index is 1.42. The molecule has 5 rings (SSSR count). The van der Waals surface area contributed by atoms with Crippen molar-refractivity contribution in [2.45, 2.75) is 25.3 Å². The van der Waals surface area contributed by atoms with E-state index in [1.807, 2.05) is 43.4 Å². The Morgan fingerprint density at radius 2 is 2.17 bits per heavy atom. The molecular formula is C21H19ClN6O. The number of halogens is 1. The second-order valence-electron chi connectivity index (χ2n) is 7.35. The lowest BCUT2D eigenvalue weighted by Crippen LogP contribution is -2.25. The van der Waals surface area contributed by atoms with E-state index >= 15 is 0 Å². The van der Waals surface area contributed by atoms with Gasteiger partial charge in [-0.25, -0.2) is 4.98 Å². The zero-order valence-electron chi connectivity index (χ0n) is 15.8. The molecule has 1 amide bonds. The first kappa shape index (κ1) is 17.9. The molecule has 29 heavy (non-hydrogen) atoms. The second kappa shape index (κ2) is 7.00. The molecule has 0 aliphatic heterocycles. The fourth-order valence-electron chi connectivity index (χ4n) is 3.32. The molecule has 1 aliphatic carbocycles. The molecular weight excluding hydrogens is 388 g/mol. The fraction of sp³-hybridized carbons (Fsp3) is 0.238. The van der Waals surface area contributed by atoms with Crippen LogP contribution in [0.25, 0.3) is 22.3 Å². The third-order valence-corrected chi connectivity index (χ3v) is 5.58. The molecule has 0 saturated heterocycles. The second-order valence-corrected chi connectivity index (χ2v) is 7.73. The molecule has 0 unspecified atom stereocenters. The van der Waals surface area contributed by atoms with Gasteiger partial charge >= 0.3 is 0 Å². The fourth-order valence-corrected chi connectivity index (χ4v) is 3.60. The number of aromatic nitrogens is 5. The van der Waals surface area contributed by atoms with E-state index in [1.54, 1.807) is 10.9 Å². The van der Waals surface area contributed by atoms with Gasteiger partial charge in [0.15, 0.2) is 5.82 Å². The average Bonchev–Trinajstić information content (AvgIpc) is 3.26. The lowest BCUT2D eigenvalue weighted by molar-refractivity contribution is 0.0951. The van der Waals surface area contributed by atoms with Crippen molar-refractivity contribution in [3.8, 4) is 11.4 Å². The summed E-state index contributed by atoms with van der Waals surface area (Å²) < 4.78 is 1.75. The van der Waals surface area contributed by atoms with Crippen LogP contribution in [0.4, 0.5) is 0 Å². The summed E-state index contributed by atoms with van der Waals surface area (Å²) in [7, 11) is 1.86. The van der Waals surface area contributed by atoms with Gasteiger partial charge in [-0.3, -0.25) is 14.6 Å². The molecule has 0 atom stereocenters. The third kappa shape index (κ3) is 3.49. The Labute approximate surface area is 172 Å². The van der Waals surface area contributed by atoms with Crippen molar-refractivity contribution in [1.29, 1.82) is 0 Å². The molecule has 1 aliphatic rings. The van der Waals surface area contributed by atoms with Crippen molar-refractivity contribution in [2.75, 3.05) is 0 Å². The van der Waals surface area contributed by atoms with Gasteiger partial charge < -0.3 is 5.32 Å². The number of aromatic amines is 1. The van der Waals surface area contributed by atoms with E-state index in [4.69, 9.17) is 16.6 Å². The van der Waals surface area contributed by atoms with Gasteiger partial charge in [0, 0.05) is 36.0 Å². The highest BCUT2D eigenvalue weighted by atomic mass is 35.5. The van der Waals surface area contributed by atoms with E-state index < -0.39 is 0 Å². The van der Waals surface area contributed by atoms with Gasteiger partial charge in [0.05, 0.1) is 16.7 Å². The van der Waals surface area contributed by atoms with E-state index in [1.165, 1.54) is 0 Å². The van der Waals surface area contributed by atoms with Crippen molar-refractivity contribution < 1.29 is 4.79 Å². The summed E-state index contributed by atoms with van der Waals surface area (Å²) in [5.41, 5.74) is 3.29. The van der Waals surface area contributed by atoms with Gasteiger partial charge in [-0.2, -0.15) is 10.2 Å². The Morgan fingerprint density at radius 3 is 3.00 bits per heavy atom. The molecule has 2 aromatic heterocycles. The van der Waals surface area contributed by atoms with Crippen LogP contribution in [0.2, 0.25) is 5.02 Å². The van der Waals surface area contributed by atoms with Crippen LogP contribution in [-0.2, 0) is 13.5 Å². The smallest absolute Gasteiger partial charge is 0.251 e. The van der Waals surface area contributed by atoms with E-state index in [0.29, 0.717) is 28.9 Å². The van der Waals surface area contributed by atoms with Gasteiger partial charge in [-0.15, -0.1) is 0 Å². The van der Waals surface area contributed by atoms with E-state index in [9.17, 15) is 4.79 Å². The van der Waals surface area contributed by atoms with Crippen molar-refractivity contribution in [3.05, 3.63) is 64.6 Å². The number of amides is 1. The maximum atomic E-state index is 12.3. The van der Waals surface area contributed by atoms with Crippen molar-refractivity contribution in [2.24, 2.45) is 7.05 Å². The number of aryl methyl sites for hydroxylation is 1. The average molecular weight is 407 g/mol. The molecule has 8 heteroatoms. The SMILES string of the molecule is Cn1nc(-c2cccc(C(=O)NC3CC3)c2)nc1Cc1ccc2[nH]ncc2c1Cl. The molecule has 0 spiro atoms. The molecule has 7 nitrogen and oxygen atoms in total. The van der Waals surface area contributed by atoms with E-state index in [2.05, 4.69) is 20.6 Å². The monoisotopic (exact) mass is 406 g/mol. The van der Waals surface area contributed by atoms with Crippen LogP contribution >= 0.6 is 11.6 Å². The van der Waals surface area contributed by atoms with Gasteiger partial charge in [0.1, 0.15) is 5.82 Å². The Bertz CT molecular complexity index is 1220. The topological polar surface area (TPSA) is 88.5 Å². The number of carbonyl (C=O) groups excluding carboxylic acids is 1. The molecule has 1 saturated carbocycles. The maximum absolute atomic E-state index is 12.3. The first-order chi connectivity index (χ1) is 14.1. The molecule has 2 N–H and O–H groups in total. The zero-order chi connectivity index (χ0) is 20.0. The number of benzene rings is 2. The molecule has 2 aromatic carbocycles. The van der Waals surface area contributed by atoms with Gasteiger partial charge in [0.2, 0.25) is 0 Å². The third-order valence-electron chi connectivity index (χ3n) is 5.14. The summed E-state index contributed by atoms with van der Waals surface area (Å²) in [6, 6.07) is 11.7. The minimum atomic E-state index is -0.0503. The lowest BCUT2D eigenvalue weighted by Gasteiger charge is -2.04. The minimum Gasteiger partial charge on any atom is -0.349 e. The van der Waals surface area contributed by atoms with Crippen LogP contribution in [0.1, 0.15) is 34.6 Å². The van der Waals surface area contributed by atoms with Crippen LogP contribution in [0.15, 0.2) is 42.6 Å². The summed E-state index contributed by atoms with van der Waals surface area (Å²) in [5.74, 6) is 1.33. The van der Waals surface area contributed by atoms with Gasteiger partial charge in [-0.1, -0.05) is 29.8 Å². The van der Waals surface area contributed by atoms with Gasteiger partial charge in [0.25, 0.3) is 5.91 Å². The van der Waals surface area contributed by atoms with E-state index in [0.717, 1.165) is 40.7 Å². The number of nitrogens with one attached hydrogen (secondary N) is 2. The Kier molecular flexibility index (Phi) is 4.32. The van der Waals surface area contributed by atoms with Crippen LogP contribution in [0, 0.1) is 0 Å². The summed E-state index contributed by atoms with van der Waals surface area (Å²) in [4.78, 5) is 17.0. The number of H-pyrrole nitrogens is 1. The summed E-state index contributed by atoms with van der Waals surface area (Å²) in [6.07, 6.45) is 4.39. The van der Waals surface area contributed by atoms with Crippen LogP contribution < -0.4 is 5.32 Å². The molecule has 0 bridgehead atoms. The van der Waals surface area contributed by atoms with Crippen LogP contribution in [0.3, 0.4) is 0 Å². The molecule has 0 radical (unpaired) electrons. The minimum absolute atomic E-state index is 0.0503. The Hall–Kier alpha value is -3.19. The van der Waals surface area contributed by atoms with Crippen LogP contribution in [0.5, 0.6) is 0 Å². The highest BCUT2D eigenvalue weighted by Crippen LogP contribution is 2.28. The zero-order valence-corrected chi connectivity index (χ0v) is 16.6. The largest absolute Gasteiger partial charge is 0.349 e. The number of hydrogen-bond donors (Lipinski definition) is 2. The molecule has 1 fully saturated rings. The standard InChI is InChI=1S/C21H19ClN6O/c1-28-18(10-12-5-8-17-16(19(12)22)11-23-26-17)25-20(27-28)13-3-2-4-14(9-13)21(29)24-15-6-7-15/h2-5,8-9,11,15H,6-7,10H2,1H3,(H,23,26)(H,24,29). The molecule has 2 heterocycles. The molecule has 146 valence electrons. The lowest BCUT2D eigenvalue weighted by atomic mass is 10.1. The number of fused-ring (bicyclic) bond motifs is 1. The van der Waals surface area contributed by atoms with Crippen molar-refractivity contribution in [3.63, 3.8) is 0 Å². The Morgan fingerprint density at radius 1 is 1.31 bits per heavy atom. The van der Waals surface area contributed by atoms with Gasteiger partial charge in [-0.05, 0) is 36.6 Å². The predicted octanol–water partition coefficient (Wildman–Crippen LogP) is 3.49. The summed E-state index contributed by atoms with van der Waals surface area (Å²) in [5, 5.41) is 16.1. The maximum Gasteiger partial charge on any atom is 0.251 e.